The first-order valence-corrected chi connectivity index (χ1v) is 9.87. The lowest BCUT2D eigenvalue weighted by Gasteiger charge is -2.14. The zero-order valence-electron chi connectivity index (χ0n) is 13.9. The van der Waals surface area contributed by atoms with Crippen LogP contribution in [0.2, 0.25) is 5.02 Å². The van der Waals surface area contributed by atoms with Gasteiger partial charge >= 0.3 is 0 Å². The minimum absolute atomic E-state index is 0.0423. The number of benzene rings is 1. The Labute approximate surface area is 155 Å². The normalized spacial score (nSPS) is 12.2. The van der Waals surface area contributed by atoms with Crippen molar-refractivity contribution in [2.75, 3.05) is 17.6 Å². The molecule has 8 heteroatoms. The highest BCUT2D eigenvalue weighted by Gasteiger charge is 2.12. The Balaban J connectivity index is 1.78. The highest BCUT2D eigenvalue weighted by Crippen LogP contribution is 2.25. The summed E-state index contributed by atoms with van der Waals surface area (Å²) in [6.45, 7) is 7.06. The van der Waals surface area contributed by atoms with Crippen LogP contribution in [0.5, 0.6) is 0 Å². The SMILES string of the molecule is CC(C)CNc1nnc(SCC(=O)N[C@@H](C)c2cccc(Cl)c2)s1. The van der Waals surface area contributed by atoms with Crippen molar-refractivity contribution in [3.05, 3.63) is 34.9 Å². The third-order valence-electron chi connectivity index (χ3n) is 3.12. The number of halogens is 1. The summed E-state index contributed by atoms with van der Waals surface area (Å²) in [6.07, 6.45) is 0. The van der Waals surface area contributed by atoms with E-state index in [1.807, 2.05) is 31.2 Å². The zero-order chi connectivity index (χ0) is 17.5. The van der Waals surface area contributed by atoms with E-state index in [1.165, 1.54) is 23.1 Å². The number of aromatic nitrogens is 2. The highest BCUT2D eigenvalue weighted by molar-refractivity contribution is 8.01. The number of nitrogens with one attached hydrogen (secondary N) is 2. The summed E-state index contributed by atoms with van der Waals surface area (Å²) in [5.74, 6) is 0.812. The molecule has 2 aromatic rings. The Morgan fingerprint density at radius 3 is 2.83 bits per heavy atom. The number of thioether (sulfide) groups is 1. The molecule has 0 aliphatic rings. The van der Waals surface area contributed by atoms with Gasteiger partial charge in [0.25, 0.3) is 0 Å². The van der Waals surface area contributed by atoms with Crippen LogP contribution in [0.15, 0.2) is 28.6 Å². The maximum atomic E-state index is 12.1. The molecule has 0 saturated carbocycles. The lowest BCUT2D eigenvalue weighted by Crippen LogP contribution is -2.28. The molecule has 0 aliphatic heterocycles. The second-order valence-electron chi connectivity index (χ2n) is 5.78. The van der Waals surface area contributed by atoms with Crippen LogP contribution in [0.1, 0.15) is 32.4 Å². The summed E-state index contributed by atoms with van der Waals surface area (Å²) in [5, 5.41) is 15.8. The van der Waals surface area contributed by atoms with Crippen molar-refractivity contribution in [1.82, 2.24) is 15.5 Å². The molecule has 0 saturated heterocycles. The van der Waals surface area contributed by atoms with E-state index in [9.17, 15) is 4.79 Å². The molecule has 5 nitrogen and oxygen atoms in total. The van der Waals surface area contributed by atoms with E-state index in [0.29, 0.717) is 16.7 Å². The molecule has 1 heterocycles. The minimum atomic E-state index is -0.0884. The molecule has 130 valence electrons. The molecule has 0 unspecified atom stereocenters. The van der Waals surface area contributed by atoms with Crippen LogP contribution >= 0.6 is 34.7 Å². The number of carbonyl (C=O) groups is 1. The first-order chi connectivity index (χ1) is 11.4. The number of hydrogen-bond acceptors (Lipinski definition) is 6. The fraction of sp³-hybridized carbons (Fsp3) is 0.438. The third kappa shape index (κ3) is 6.30. The van der Waals surface area contributed by atoms with Gasteiger partial charge in [0.15, 0.2) is 4.34 Å². The summed E-state index contributed by atoms with van der Waals surface area (Å²) < 4.78 is 0.784. The Morgan fingerprint density at radius 1 is 1.33 bits per heavy atom. The van der Waals surface area contributed by atoms with E-state index in [-0.39, 0.29) is 11.9 Å². The predicted molar refractivity (Wildman–Crippen MR) is 102 cm³/mol. The van der Waals surface area contributed by atoms with Gasteiger partial charge in [-0.1, -0.05) is 60.7 Å². The maximum absolute atomic E-state index is 12.1. The first kappa shape index (κ1) is 19.0. The molecule has 0 bridgehead atoms. The van der Waals surface area contributed by atoms with Crippen molar-refractivity contribution in [2.24, 2.45) is 5.92 Å². The molecule has 1 atom stereocenters. The van der Waals surface area contributed by atoms with Crippen LogP contribution in [0.3, 0.4) is 0 Å². The highest BCUT2D eigenvalue weighted by atomic mass is 35.5. The standard InChI is InChI=1S/C16H21ClN4OS2/c1-10(2)8-18-15-20-21-16(24-15)23-9-14(22)19-11(3)12-5-4-6-13(17)7-12/h4-7,10-11H,8-9H2,1-3H3,(H,18,20)(H,19,22)/t11-/m0/s1. The van der Waals surface area contributed by atoms with Crippen LogP contribution in [0.4, 0.5) is 5.13 Å². The van der Waals surface area contributed by atoms with Crippen LogP contribution in [0.25, 0.3) is 0 Å². The van der Waals surface area contributed by atoms with Gasteiger partial charge in [-0.2, -0.15) is 0 Å². The summed E-state index contributed by atoms with van der Waals surface area (Å²) in [7, 11) is 0. The molecule has 1 aromatic heterocycles. The Bertz CT molecular complexity index is 678. The second-order valence-corrected chi connectivity index (χ2v) is 8.42. The Kier molecular flexibility index (Phi) is 7.33. The fourth-order valence-corrected chi connectivity index (χ4v) is 3.67. The van der Waals surface area contributed by atoms with Gasteiger partial charge in [-0.25, -0.2) is 0 Å². The van der Waals surface area contributed by atoms with Gasteiger partial charge in [-0.3, -0.25) is 4.79 Å². The molecule has 1 aromatic carbocycles. The lowest BCUT2D eigenvalue weighted by atomic mass is 10.1. The number of anilines is 1. The number of carbonyl (C=O) groups excluding carboxylic acids is 1. The van der Waals surface area contributed by atoms with Gasteiger partial charge in [0.1, 0.15) is 0 Å². The fourth-order valence-electron chi connectivity index (χ4n) is 1.90. The predicted octanol–water partition coefficient (Wildman–Crippen LogP) is 4.23. The summed E-state index contributed by atoms with van der Waals surface area (Å²) in [5.41, 5.74) is 0.983. The molecule has 0 radical (unpaired) electrons. The van der Waals surface area contributed by atoms with Crippen molar-refractivity contribution in [3.63, 3.8) is 0 Å². The Hall–Kier alpha value is -1.31. The number of rotatable bonds is 8. The van der Waals surface area contributed by atoms with Gasteiger partial charge in [0.2, 0.25) is 11.0 Å². The average Bonchev–Trinajstić information content (AvgIpc) is 2.99. The number of hydrogen-bond donors (Lipinski definition) is 2. The van der Waals surface area contributed by atoms with Crippen LogP contribution < -0.4 is 10.6 Å². The van der Waals surface area contributed by atoms with E-state index in [4.69, 9.17) is 11.6 Å². The van der Waals surface area contributed by atoms with Crippen molar-refractivity contribution < 1.29 is 4.79 Å². The molecule has 0 aliphatic carbocycles. The molecule has 2 rings (SSSR count). The Morgan fingerprint density at radius 2 is 2.12 bits per heavy atom. The van der Waals surface area contributed by atoms with E-state index in [2.05, 4.69) is 34.7 Å². The van der Waals surface area contributed by atoms with Gasteiger partial charge in [0, 0.05) is 11.6 Å². The molecule has 1 amide bonds. The van der Waals surface area contributed by atoms with Crippen LogP contribution in [0, 0.1) is 5.92 Å². The first-order valence-electron chi connectivity index (χ1n) is 7.69. The largest absolute Gasteiger partial charge is 0.360 e. The van der Waals surface area contributed by atoms with Crippen LogP contribution in [-0.4, -0.2) is 28.4 Å². The van der Waals surface area contributed by atoms with Crippen molar-refractivity contribution in [1.29, 1.82) is 0 Å². The zero-order valence-corrected chi connectivity index (χ0v) is 16.3. The van der Waals surface area contributed by atoms with Crippen LogP contribution in [-0.2, 0) is 4.79 Å². The summed E-state index contributed by atoms with van der Waals surface area (Å²) in [4.78, 5) is 12.1. The topological polar surface area (TPSA) is 66.9 Å². The maximum Gasteiger partial charge on any atom is 0.230 e. The van der Waals surface area contributed by atoms with E-state index in [0.717, 1.165) is 21.6 Å². The van der Waals surface area contributed by atoms with Crippen molar-refractivity contribution in [2.45, 2.75) is 31.2 Å². The van der Waals surface area contributed by atoms with Gasteiger partial charge in [0.05, 0.1) is 11.8 Å². The summed E-state index contributed by atoms with van der Waals surface area (Å²) >= 11 is 8.83. The van der Waals surface area contributed by atoms with Crippen molar-refractivity contribution in [3.8, 4) is 0 Å². The average molecular weight is 385 g/mol. The monoisotopic (exact) mass is 384 g/mol. The number of nitrogens with zero attached hydrogens (tertiary/aromatic N) is 2. The van der Waals surface area contributed by atoms with Gasteiger partial charge < -0.3 is 10.6 Å². The summed E-state index contributed by atoms with van der Waals surface area (Å²) in [6, 6.07) is 7.41. The van der Waals surface area contributed by atoms with Gasteiger partial charge in [-0.05, 0) is 30.5 Å². The second kappa shape index (κ2) is 9.25. The third-order valence-corrected chi connectivity index (χ3v) is 5.37. The minimum Gasteiger partial charge on any atom is -0.360 e. The molecule has 24 heavy (non-hydrogen) atoms. The molecular formula is C16H21ClN4OS2. The lowest BCUT2D eigenvalue weighted by molar-refractivity contribution is -0.119. The molecular weight excluding hydrogens is 364 g/mol. The van der Waals surface area contributed by atoms with Crippen molar-refractivity contribution >= 4 is 45.7 Å². The molecule has 2 N–H and O–H groups in total. The number of amides is 1. The van der Waals surface area contributed by atoms with E-state index >= 15 is 0 Å². The molecule has 0 spiro atoms. The molecule has 0 fully saturated rings. The van der Waals surface area contributed by atoms with E-state index in [1.54, 1.807) is 0 Å². The van der Waals surface area contributed by atoms with Gasteiger partial charge in [-0.15, -0.1) is 10.2 Å². The smallest absolute Gasteiger partial charge is 0.230 e. The quantitative estimate of drug-likeness (QED) is 0.666. The van der Waals surface area contributed by atoms with E-state index < -0.39 is 0 Å².